The predicted molar refractivity (Wildman–Crippen MR) is 101 cm³/mol. The average Bonchev–Trinajstić information content (AvgIpc) is 2.64. The summed E-state index contributed by atoms with van der Waals surface area (Å²) in [4.78, 5) is 15.6. The second-order valence-corrected chi connectivity index (χ2v) is 6.78. The molecule has 0 aliphatic carbocycles. The Morgan fingerprint density at radius 1 is 1.23 bits per heavy atom. The molecule has 2 aromatic rings. The summed E-state index contributed by atoms with van der Waals surface area (Å²) in [6.07, 6.45) is 5.91. The lowest BCUT2D eigenvalue weighted by Crippen LogP contribution is -2.35. The second kappa shape index (κ2) is 9.23. The van der Waals surface area contributed by atoms with Crippen molar-refractivity contribution in [2.75, 3.05) is 38.2 Å². The van der Waals surface area contributed by atoms with E-state index in [2.05, 4.69) is 25.2 Å². The molecule has 0 bridgehead atoms. The lowest BCUT2D eigenvalue weighted by Gasteiger charge is -2.26. The van der Waals surface area contributed by atoms with Crippen LogP contribution in [0.25, 0.3) is 11.3 Å². The summed E-state index contributed by atoms with van der Waals surface area (Å²) >= 11 is 6.05. The molecule has 0 radical (unpaired) electrons. The number of aromatic nitrogens is 3. The zero-order valence-electron chi connectivity index (χ0n) is 14.9. The maximum absolute atomic E-state index is 9.11. The SMILES string of the molecule is C[C@@H](CCO)Nc1cc(Cl)ncc1-c1cnc(CN2CCOCC2)cn1. The maximum Gasteiger partial charge on any atom is 0.131 e. The number of nitrogens with one attached hydrogen (secondary N) is 1. The molecule has 3 heterocycles. The molecular formula is C18H24ClN5O2. The number of aliphatic hydroxyl groups is 1. The second-order valence-electron chi connectivity index (χ2n) is 6.39. The zero-order valence-corrected chi connectivity index (χ0v) is 15.6. The molecule has 1 aliphatic heterocycles. The van der Waals surface area contributed by atoms with Gasteiger partial charge in [0.1, 0.15) is 5.15 Å². The quantitative estimate of drug-likeness (QED) is 0.715. The van der Waals surface area contributed by atoms with Gasteiger partial charge in [0.15, 0.2) is 0 Å². The molecule has 1 aliphatic rings. The minimum absolute atomic E-state index is 0.103. The highest BCUT2D eigenvalue weighted by atomic mass is 35.5. The first-order valence-corrected chi connectivity index (χ1v) is 9.18. The van der Waals surface area contributed by atoms with Crippen molar-refractivity contribution in [3.8, 4) is 11.3 Å². The molecule has 3 rings (SSSR count). The summed E-state index contributed by atoms with van der Waals surface area (Å²) < 4.78 is 5.37. The van der Waals surface area contributed by atoms with Crippen LogP contribution in [0.15, 0.2) is 24.7 Å². The van der Waals surface area contributed by atoms with E-state index in [9.17, 15) is 0 Å². The van der Waals surface area contributed by atoms with Crippen molar-refractivity contribution in [3.05, 3.63) is 35.5 Å². The van der Waals surface area contributed by atoms with Gasteiger partial charge in [-0.05, 0) is 19.4 Å². The first-order chi connectivity index (χ1) is 12.7. The Morgan fingerprint density at radius 3 is 2.73 bits per heavy atom. The van der Waals surface area contributed by atoms with Crippen LogP contribution in [-0.4, -0.2) is 63.9 Å². The molecule has 2 N–H and O–H groups in total. The normalized spacial score (nSPS) is 16.4. The van der Waals surface area contributed by atoms with Gasteiger partial charge in [-0.2, -0.15) is 0 Å². The van der Waals surface area contributed by atoms with E-state index in [4.69, 9.17) is 21.4 Å². The van der Waals surface area contributed by atoms with Crippen molar-refractivity contribution >= 4 is 17.3 Å². The van der Waals surface area contributed by atoms with Gasteiger partial charge in [-0.1, -0.05) is 11.6 Å². The van der Waals surface area contributed by atoms with Crippen molar-refractivity contribution in [3.63, 3.8) is 0 Å². The lowest BCUT2D eigenvalue weighted by atomic mass is 10.1. The standard InChI is InChI=1S/C18H24ClN5O2/c1-13(2-5-25)23-16-8-18(19)22-10-15(16)17-11-20-14(9-21-17)12-24-3-6-26-7-4-24/h8-11,13,25H,2-7,12H2,1H3,(H,22,23)/t13-/m0/s1. The van der Waals surface area contributed by atoms with Crippen LogP contribution in [0, 0.1) is 0 Å². The molecule has 0 amide bonds. The minimum Gasteiger partial charge on any atom is -0.396 e. The number of nitrogens with zero attached hydrogens (tertiary/aromatic N) is 4. The van der Waals surface area contributed by atoms with Gasteiger partial charge in [0, 0.05) is 49.7 Å². The first-order valence-electron chi connectivity index (χ1n) is 8.80. The number of hydrogen-bond donors (Lipinski definition) is 2. The summed E-state index contributed by atoms with van der Waals surface area (Å²) in [5.41, 5.74) is 3.34. The van der Waals surface area contributed by atoms with Gasteiger partial charge in [-0.3, -0.25) is 14.9 Å². The van der Waals surface area contributed by atoms with E-state index in [1.807, 2.05) is 6.92 Å². The Hall–Kier alpha value is -1.80. The van der Waals surface area contributed by atoms with Gasteiger partial charge in [0.2, 0.25) is 0 Å². The molecule has 0 unspecified atom stereocenters. The van der Waals surface area contributed by atoms with Crippen molar-refractivity contribution in [2.24, 2.45) is 0 Å². The third-order valence-corrected chi connectivity index (χ3v) is 4.51. The number of anilines is 1. The highest BCUT2D eigenvalue weighted by Crippen LogP contribution is 2.28. The molecule has 1 fully saturated rings. The summed E-state index contributed by atoms with van der Waals surface area (Å²) in [6, 6.07) is 1.87. The first kappa shape index (κ1) is 19.0. The van der Waals surface area contributed by atoms with E-state index >= 15 is 0 Å². The van der Waals surface area contributed by atoms with Crippen LogP contribution in [-0.2, 0) is 11.3 Å². The van der Waals surface area contributed by atoms with Gasteiger partial charge >= 0.3 is 0 Å². The Morgan fingerprint density at radius 2 is 2.04 bits per heavy atom. The highest BCUT2D eigenvalue weighted by Gasteiger charge is 2.14. The summed E-state index contributed by atoms with van der Waals surface area (Å²) in [5.74, 6) is 0. The number of morpholine rings is 1. The van der Waals surface area contributed by atoms with Crippen LogP contribution in [0.2, 0.25) is 5.15 Å². The van der Waals surface area contributed by atoms with E-state index in [1.54, 1.807) is 24.7 Å². The van der Waals surface area contributed by atoms with E-state index in [0.717, 1.165) is 55.5 Å². The summed E-state index contributed by atoms with van der Waals surface area (Å²) in [5, 5.41) is 12.9. The van der Waals surface area contributed by atoms with Gasteiger partial charge in [0.05, 0.1) is 37.0 Å². The van der Waals surface area contributed by atoms with Crippen LogP contribution in [0.3, 0.4) is 0 Å². The van der Waals surface area contributed by atoms with Gasteiger partial charge in [0.25, 0.3) is 0 Å². The number of halogens is 1. The zero-order chi connectivity index (χ0) is 18.4. The minimum atomic E-state index is 0.103. The average molecular weight is 378 g/mol. The van der Waals surface area contributed by atoms with E-state index in [1.165, 1.54) is 0 Å². The number of hydrogen-bond acceptors (Lipinski definition) is 7. The largest absolute Gasteiger partial charge is 0.396 e. The van der Waals surface area contributed by atoms with Crippen molar-refractivity contribution in [1.82, 2.24) is 19.9 Å². The van der Waals surface area contributed by atoms with E-state index in [-0.39, 0.29) is 12.6 Å². The van der Waals surface area contributed by atoms with Crippen LogP contribution in [0.4, 0.5) is 5.69 Å². The van der Waals surface area contributed by atoms with Gasteiger partial charge in [-0.25, -0.2) is 4.98 Å². The van der Waals surface area contributed by atoms with Crippen molar-refractivity contribution in [2.45, 2.75) is 25.9 Å². The van der Waals surface area contributed by atoms with E-state index in [0.29, 0.717) is 11.6 Å². The Kier molecular flexibility index (Phi) is 6.73. The molecule has 140 valence electrons. The molecule has 0 aromatic carbocycles. The van der Waals surface area contributed by atoms with E-state index < -0.39 is 0 Å². The predicted octanol–water partition coefficient (Wildman–Crippen LogP) is 2.21. The van der Waals surface area contributed by atoms with Crippen molar-refractivity contribution < 1.29 is 9.84 Å². The number of rotatable bonds is 7. The van der Waals surface area contributed by atoms with Crippen LogP contribution in [0.1, 0.15) is 19.0 Å². The summed E-state index contributed by atoms with van der Waals surface area (Å²) in [7, 11) is 0. The third-order valence-electron chi connectivity index (χ3n) is 4.31. The van der Waals surface area contributed by atoms with Gasteiger partial charge in [-0.15, -0.1) is 0 Å². The molecule has 26 heavy (non-hydrogen) atoms. The van der Waals surface area contributed by atoms with Crippen LogP contribution >= 0.6 is 11.6 Å². The Bertz CT molecular complexity index is 707. The fourth-order valence-corrected chi connectivity index (χ4v) is 3.01. The number of pyridine rings is 1. The molecule has 2 aromatic heterocycles. The van der Waals surface area contributed by atoms with Crippen LogP contribution < -0.4 is 5.32 Å². The molecule has 0 spiro atoms. The van der Waals surface area contributed by atoms with Gasteiger partial charge < -0.3 is 15.2 Å². The molecule has 7 nitrogen and oxygen atoms in total. The number of ether oxygens (including phenoxy) is 1. The fraction of sp³-hybridized carbons (Fsp3) is 0.500. The summed E-state index contributed by atoms with van der Waals surface area (Å²) in [6.45, 7) is 6.27. The fourth-order valence-electron chi connectivity index (χ4n) is 2.85. The maximum atomic E-state index is 9.11. The molecule has 1 atom stereocenters. The Balaban J connectivity index is 1.75. The number of aliphatic hydroxyl groups excluding tert-OH is 1. The molecule has 0 saturated carbocycles. The third kappa shape index (κ3) is 5.11. The monoisotopic (exact) mass is 377 g/mol. The van der Waals surface area contributed by atoms with Crippen molar-refractivity contribution in [1.29, 1.82) is 0 Å². The highest BCUT2D eigenvalue weighted by molar-refractivity contribution is 6.29. The smallest absolute Gasteiger partial charge is 0.131 e. The molecule has 1 saturated heterocycles. The topological polar surface area (TPSA) is 83.4 Å². The molecule has 8 heteroatoms. The Labute approximate surface area is 158 Å². The lowest BCUT2D eigenvalue weighted by molar-refractivity contribution is 0.0336. The molecular weight excluding hydrogens is 354 g/mol. The van der Waals surface area contributed by atoms with Crippen LogP contribution in [0.5, 0.6) is 0 Å².